The van der Waals surface area contributed by atoms with E-state index in [1.165, 1.54) is 11.3 Å². The zero-order valence-electron chi connectivity index (χ0n) is 9.22. The second-order valence-electron chi connectivity index (χ2n) is 4.24. The predicted molar refractivity (Wildman–Crippen MR) is 65.5 cm³/mol. The van der Waals surface area contributed by atoms with E-state index in [0.717, 1.165) is 0 Å². The number of thiophene rings is 1. The molecule has 1 amide bonds. The molecule has 2 heterocycles. The number of carbonyl (C=O) groups excluding carboxylic acids is 1. The minimum absolute atomic E-state index is 0.00751. The van der Waals surface area contributed by atoms with E-state index < -0.39 is 11.9 Å². The molecule has 1 aromatic rings. The molecular weight excluding hydrogens is 262 g/mol. The maximum atomic E-state index is 12.1. The third-order valence-electron chi connectivity index (χ3n) is 3.00. The van der Waals surface area contributed by atoms with Crippen molar-refractivity contribution in [2.24, 2.45) is 11.8 Å². The molecular formula is C11H12ClNO3S. The molecule has 1 aliphatic heterocycles. The van der Waals surface area contributed by atoms with Crippen molar-refractivity contribution < 1.29 is 14.7 Å². The van der Waals surface area contributed by atoms with Gasteiger partial charge in [-0.25, -0.2) is 0 Å². The van der Waals surface area contributed by atoms with Crippen LogP contribution in [0.2, 0.25) is 4.34 Å². The lowest BCUT2D eigenvalue weighted by atomic mass is 9.99. The lowest BCUT2D eigenvalue weighted by Crippen LogP contribution is -2.29. The van der Waals surface area contributed by atoms with Gasteiger partial charge in [0.2, 0.25) is 0 Å². The first-order valence-electron chi connectivity index (χ1n) is 5.26. The molecule has 6 heteroatoms. The van der Waals surface area contributed by atoms with E-state index in [1.807, 2.05) is 6.92 Å². The average Bonchev–Trinajstić information content (AvgIpc) is 2.83. The van der Waals surface area contributed by atoms with Gasteiger partial charge in [-0.05, 0) is 18.1 Å². The highest BCUT2D eigenvalue weighted by Crippen LogP contribution is 2.28. The Morgan fingerprint density at radius 2 is 2.18 bits per heavy atom. The number of likely N-dealkylation sites (tertiary alicyclic amines) is 1. The number of amides is 1. The lowest BCUT2D eigenvalue weighted by molar-refractivity contribution is -0.142. The van der Waals surface area contributed by atoms with Gasteiger partial charge in [-0.1, -0.05) is 18.5 Å². The number of halogens is 1. The van der Waals surface area contributed by atoms with Gasteiger partial charge >= 0.3 is 5.97 Å². The Morgan fingerprint density at radius 1 is 1.47 bits per heavy atom. The summed E-state index contributed by atoms with van der Waals surface area (Å²) >= 11 is 6.99. The van der Waals surface area contributed by atoms with Gasteiger partial charge in [0.25, 0.3) is 5.91 Å². The van der Waals surface area contributed by atoms with Crippen molar-refractivity contribution >= 4 is 34.8 Å². The van der Waals surface area contributed by atoms with Crippen molar-refractivity contribution in [2.75, 3.05) is 13.1 Å². The highest BCUT2D eigenvalue weighted by molar-refractivity contribution is 7.17. The van der Waals surface area contributed by atoms with Gasteiger partial charge in [0.05, 0.1) is 15.1 Å². The summed E-state index contributed by atoms with van der Waals surface area (Å²) in [5.41, 5.74) is 0. The fraction of sp³-hybridized carbons (Fsp3) is 0.455. The fourth-order valence-electron chi connectivity index (χ4n) is 2.04. The molecule has 0 unspecified atom stereocenters. The number of carboxylic acids is 1. The van der Waals surface area contributed by atoms with Crippen LogP contribution in [0.1, 0.15) is 16.6 Å². The van der Waals surface area contributed by atoms with Gasteiger partial charge in [-0.15, -0.1) is 11.3 Å². The standard InChI is InChI=1S/C11H12ClNO3S/c1-6-4-13(5-7(6)11(15)16)10(14)8-2-3-9(12)17-8/h2-3,6-7H,4-5H2,1H3,(H,15,16)/t6-,7-/m1/s1. The van der Waals surface area contributed by atoms with Gasteiger partial charge in [-0.2, -0.15) is 0 Å². The summed E-state index contributed by atoms with van der Waals surface area (Å²) in [6.07, 6.45) is 0. The average molecular weight is 274 g/mol. The minimum atomic E-state index is -0.836. The zero-order chi connectivity index (χ0) is 12.6. The SMILES string of the molecule is C[C@@H]1CN(C(=O)c2ccc(Cl)s2)C[C@H]1C(=O)O. The number of hydrogen-bond donors (Lipinski definition) is 1. The van der Waals surface area contributed by atoms with E-state index in [0.29, 0.717) is 15.8 Å². The smallest absolute Gasteiger partial charge is 0.308 e. The summed E-state index contributed by atoms with van der Waals surface area (Å²) in [6.45, 7) is 2.63. The maximum absolute atomic E-state index is 12.1. The topological polar surface area (TPSA) is 57.6 Å². The summed E-state index contributed by atoms with van der Waals surface area (Å²) in [6, 6.07) is 3.35. The third kappa shape index (κ3) is 2.45. The molecule has 2 rings (SSSR count). The van der Waals surface area contributed by atoms with E-state index in [1.54, 1.807) is 17.0 Å². The lowest BCUT2D eigenvalue weighted by Gasteiger charge is -2.14. The minimum Gasteiger partial charge on any atom is -0.481 e. The van der Waals surface area contributed by atoms with Crippen LogP contribution in [0, 0.1) is 11.8 Å². The Balaban J connectivity index is 2.10. The van der Waals surface area contributed by atoms with Crippen molar-refractivity contribution in [1.29, 1.82) is 0 Å². The monoisotopic (exact) mass is 273 g/mol. The molecule has 0 spiro atoms. The first kappa shape index (κ1) is 12.4. The van der Waals surface area contributed by atoms with E-state index in [9.17, 15) is 9.59 Å². The number of carbonyl (C=O) groups is 2. The zero-order valence-corrected chi connectivity index (χ0v) is 10.8. The molecule has 92 valence electrons. The Kier molecular flexibility index (Phi) is 3.40. The van der Waals surface area contributed by atoms with Crippen molar-refractivity contribution in [2.45, 2.75) is 6.92 Å². The molecule has 1 saturated heterocycles. The number of rotatable bonds is 2. The summed E-state index contributed by atoms with van der Waals surface area (Å²) in [4.78, 5) is 25.2. The molecule has 1 aliphatic rings. The van der Waals surface area contributed by atoms with Crippen LogP contribution in [-0.2, 0) is 4.79 Å². The maximum Gasteiger partial charge on any atom is 0.308 e. The van der Waals surface area contributed by atoms with Crippen LogP contribution in [0.3, 0.4) is 0 Å². The molecule has 17 heavy (non-hydrogen) atoms. The van der Waals surface area contributed by atoms with Crippen molar-refractivity contribution in [1.82, 2.24) is 4.90 Å². The highest BCUT2D eigenvalue weighted by Gasteiger charge is 2.37. The van der Waals surface area contributed by atoms with Gasteiger partial charge in [-0.3, -0.25) is 9.59 Å². The van der Waals surface area contributed by atoms with E-state index in [-0.39, 0.29) is 18.4 Å². The van der Waals surface area contributed by atoms with Crippen LogP contribution in [0.15, 0.2) is 12.1 Å². The van der Waals surface area contributed by atoms with E-state index in [2.05, 4.69) is 0 Å². The highest BCUT2D eigenvalue weighted by atomic mass is 35.5. The molecule has 1 N–H and O–H groups in total. The summed E-state index contributed by atoms with van der Waals surface area (Å²) in [5, 5.41) is 9.00. The van der Waals surface area contributed by atoms with Crippen LogP contribution >= 0.6 is 22.9 Å². The van der Waals surface area contributed by atoms with Gasteiger partial charge in [0, 0.05) is 13.1 Å². The molecule has 0 aliphatic carbocycles. The summed E-state index contributed by atoms with van der Waals surface area (Å²) < 4.78 is 0.565. The first-order chi connectivity index (χ1) is 7.99. The van der Waals surface area contributed by atoms with Gasteiger partial charge < -0.3 is 10.0 Å². The molecule has 4 nitrogen and oxygen atoms in total. The third-order valence-corrected chi connectivity index (χ3v) is 4.22. The Bertz CT molecular complexity index is 459. The second kappa shape index (κ2) is 4.66. The normalized spacial score (nSPS) is 24.0. The largest absolute Gasteiger partial charge is 0.481 e. The van der Waals surface area contributed by atoms with Crippen LogP contribution in [-0.4, -0.2) is 35.0 Å². The molecule has 2 atom stereocenters. The van der Waals surface area contributed by atoms with Crippen LogP contribution in [0.5, 0.6) is 0 Å². The Labute approximate surface area is 108 Å². The van der Waals surface area contributed by atoms with Crippen molar-refractivity contribution in [3.8, 4) is 0 Å². The summed E-state index contributed by atoms with van der Waals surface area (Å²) in [7, 11) is 0. The molecule has 0 radical (unpaired) electrons. The fourth-order valence-corrected chi connectivity index (χ4v) is 3.05. The van der Waals surface area contributed by atoms with Crippen LogP contribution < -0.4 is 0 Å². The Hall–Kier alpha value is -1.07. The number of carboxylic acid groups (broad SMARTS) is 1. The van der Waals surface area contributed by atoms with Crippen molar-refractivity contribution in [3.63, 3.8) is 0 Å². The molecule has 1 aromatic heterocycles. The van der Waals surface area contributed by atoms with E-state index >= 15 is 0 Å². The number of hydrogen-bond acceptors (Lipinski definition) is 3. The van der Waals surface area contributed by atoms with Crippen molar-refractivity contribution in [3.05, 3.63) is 21.3 Å². The van der Waals surface area contributed by atoms with E-state index in [4.69, 9.17) is 16.7 Å². The van der Waals surface area contributed by atoms with Gasteiger partial charge in [0.15, 0.2) is 0 Å². The van der Waals surface area contributed by atoms with Gasteiger partial charge in [0.1, 0.15) is 0 Å². The molecule has 0 bridgehead atoms. The predicted octanol–water partition coefficient (Wildman–Crippen LogP) is 2.19. The summed E-state index contributed by atoms with van der Waals surface area (Å²) in [5.74, 6) is -1.43. The van der Waals surface area contributed by atoms with Crippen LogP contribution in [0.4, 0.5) is 0 Å². The van der Waals surface area contributed by atoms with Crippen LogP contribution in [0.25, 0.3) is 0 Å². The molecule has 0 saturated carbocycles. The molecule has 1 fully saturated rings. The number of nitrogens with zero attached hydrogens (tertiary/aromatic N) is 1. The number of aliphatic carboxylic acids is 1. The first-order valence-corrected chi connectivity index (χ1v) is 6.46. The Morgan fingerprint density at radius 3 is 2.65 bits per heavy atom. The second-order valence-corrected chi connectivity index (χ2v) is 5.95. The molecule has 0 aromatic carbocycles. The quantitative estimate of drug-likeness (QED) is 0.899.